The lowest BCUT2D eigenvalue weighted by Gasteiger charge is -2.05. The number of nitrogens with one attached hydrogen (secondary N) is 1. The molecule has 1 aromatic carbocycles. The molecule has 0 fully saturated rings. The summed E-state index contributed by atoms with van der Waals surface area (Å²) >= 11 is 1.67. The highest BCUT2D eigenvalue weighted by Gasteiger charge is 2.03. The number of hydrogen-bond acceptors (Lipinski definition) is 3. The van der Waals surface area contributed by atoms with Gasteiger partial charge in [-0.1, -0.05) is 18.2 Å². The Morgan fingerprint density at radius 1 is 1.32 bits per heavy atom. The van der Waals surface area contributed by atoms with Crippen LogP contribution in [0.5, 0.6) is 0 Å². The van der Waals surface area contributed by atoms with Gasteiger partial charge in [0.15, 0.2) is 0 Å². The molecule has 2 rings (SSSR count). The first-order valence-electron chi connectivity index (χ1n) is 6.06. The second-order valence-electron chi connectivity index (χ2n) is 4.17. The van der Waals surface area contributed by atoms with Crippen molar-refractivity contribution < 1.29 is 4.79 Å². The zero-order valence-electron chi connectivity index (χ0n) is 10.4. The number of carbonyl (C=O) groups excluding carboxylic acids is 1. The van der Waals surface area contributed by atoms with Crippen molar-refractivity contribution in [1.29, 1.82) is 5.26 Å². The Morgan fingerprint density at radius 3 is 2.95 bits per heavy atom. The highest BCUT2D eigenvalue weighted by atomic mass is 32.1. The van der Waals surface area contributed by atoms with E-state index in [0.29, 0.717) is 18.5 Å². The smallest absolute Gasteiger partial charge is 0.220 e. The molecule has 0 bridgehead atoms. The number of hydrogen-bond donors (Lipinski definition) is 1. The molecule has 0 aliphatic heterocycles. The summed E-state index contributed by atoms with van der Waals surface area (Å²) in [6.07, 6.45) is 1.28. The molecule has 0 unspecified atom stereocenters. The summed E-state index contributed by atoms with van der Waals surface area (Å²) in [4.78, 5) is 12.9. The summed E-state index contributed by atoms with van der Waals surface area (Å²) in [5, 5.41) is 13.7. The van der Waals surface area contributed by atoms with Gasteiger partial charge in [-0.25, -0.2) is 0 Å². The number of thiophene rings is 1. The molecule has 0 saturated carbocycles. The molecule has 0 atom stereocenters. The van der Waals surface area contributed by atoms with Gasteiger partial charge in [0.2, 0.25) is 5.91 Å². The van der Waals surface area contributed by atoms with E-state index in [9.17, 15) is 4.79 Å². The highest BCUT2D eigenvalue weighted by Crippen LogP contribution is 2.10. The molecule has 96 valence electrons. The molecule has 0 saturated heterocycles. The molecule has 0 aliphatic rings. The van der Waals surface area contributed by atoms with Crippen LogP contribution >= 0.6 is 11.3 Å². The third-order valence-corrected chi connectivity index (χ3v) is 3.66. The van der Waals surface area contributed by atoms with E-state index >= 15 is 0 Å². The van der Waals surface area contributed by atoms with Crippen LogP contribution in [-0.2, 0) is 17.8 Å². The van der Waals surface area contributed by atoms with Crippen LogP contribution in [0.25, 0.3) is 0 Å². The Balaban J connectivity index is 1.78. The molecule has 1 heterocycles. The molecule has 19 heavy (non-hydrogen) atoms. The van der Waals surface area contributed by atoms with Gasteiger partial charge in [0.05, 0.1) is 11.6 Å². The van der Waals surface area contributed by atoms with Crippen LogP contribution in [0.15, 0.2) is 41.8 Å². The summed E-state index contributed by atoms with van der Waals surface area (Å²) in [5.41, 5.74) is 1.56. The quantitative estimate of drug-likeness (QED) is 0.908. The standard InChI is InChI=1S/C15H14N2OS/c16-10-12-3-1-4-13(9-12)11-17-15(18)7-6-14-5-2-8-19-14/h1-5,8-9H,6-7,11H2,(H,17,18). The lowest BCUT2D eigenvalue weighted by molar-refractivity contribution is -0.121. The Morgan fingerprint density at radius 2 is 2.21 bits per heavy atom. The van der Waals surface area contributed by atoms with Crippen LogP contribution in [-0.4, -0.2) is 5.91 Å². The van der Waals surface area contributed by atoms with E-state index in [1.54, 1.807) is 23.5 Å². The average molecular weight is 270 g/mol. The van der Waals surface area contributed by atoms with Crippen molar-refractivity contribution in [3.63, 3.8) is 0 Å². The predicted molar refractivity (Wildman–Crippen MR) is 75.6 cm³/mol. The van der Waals surface area contributed by atoms with Gasteiger partial charge >= 0.3 is 0 Å². The van der Waals surface area contributed by atoms with E-state index in [-0.39, 0.29) is 5.91 Å². The van der Waals surface area contributed by atoms with Crippen molar-refractivity contribution in [2.45, 2.75) is 19.4 Å². The number of aryl methyl sites for hydroxylation is 1. The monoisotopic (exact) mass is 270 g/mol. The molecule has 0 radical (unpaired) electrons. The van der Waals surface area contributed by atoms with Gasteiger partial charge in [0.25, 0.3) is 0 Å². The first-order chi connectivity index (χ1) is 9.28. The number of nitriles is 1. The van der Waals surface area contributed by atoms with Gasteiger partial charge in [0, 0.05) is 17.8 Å². The Hall–Kier alpha value is -2.12. The zero-order valence-corrected chi connectivity index (χ0v) is 11.2. The molecular weight excluding hydrogens is 256 g/mol. The summed E-state index contributed by atoms with van der Waals surface area (Å²) in [6.45, 7) is 0.471. The van der Waals surface area contributed by atoms with E-state index < -0.39 is 0 Å². The van der Waals surface area contributed by atoms with Crippen molar-refractivity contribution in [3.05, 3.63) is 57.8 Å². The zero-order chi connectivity index (χ0) is 13.5. The van der Waals surface area contributed by atoms with Crippen molar-refractivity contribution in [2.75, 3.05) is 0 Å². The van der Waals surface area contributed by atoms with Crippen molar-refractivity contribution in [3.8, 4) is 6.07 Å². The van der Waals surface area contributed by atoms with Crippen molar-refractivity contribution in [2.24, 2.45) is 0 Å². The first-order valence-corrected chi connectivity index (χ1v) is 6.94. The number of amides is 1. The first kappa shape index (κ1) is 13.3. The average Bonchev–Trinajstić information content (AvgIpc) is 2.96. The number of rotatable bonds is 5. The lowest BCUT2D eigenvalue weighted by atomic mass is 10.1. The molecule has 0 spiro atoms. The number of carbonyl (C=O) groups is 1. The lowest BCUT2D eigenvalue weighted by Crippen LogP contribution is -2.22. The number of nitrogens with zero attached hydrogens (tertiary/aromatic N) is 1. The van der Waals surface area contributed by atoms with E-state index in [0.717, 1.165) is 12.0 Å². The largest absolute Gasteiger partial charge is 0.352 e. The Labute approximate surface area is 116 Å². The molecule has 3 nitrogen and oxygen atoms in total. The Kier molecular flexibility index (Phi) is 4.71. The summed E-state index contributed by atoms with van der Waals surface area (Å²) in [5.74, 6) is 0.0377. The van der Waals surface area contributed by atoms with Gasteiger partial charge < -0.3 is 5.32 Å². The molecule has 2 aromatic rings. The maximum absolute atomic E-state index is 11.7. The Bertz CT molecular complexity index is 584. The minimum Gasteiger partial charge on any atom is -0.352 e. The fraction of sp³-hybridized carbons (Fsp3) is 0.200. The second kappa shape index (κ2) is 6.72. The molecule has 1 N–H and O–H groups in total. The summed E-state index contributed by atoms with van der Waals surface area (Å²) < 4.78 is 0. The van der Waals surface area contributed by atoms with E-state index in [4.69, 9.17) is 5.26 Å². The van der Waals surface area contributed by atoms with Crippen molar-refractivity contribution in [1.82, 2.24) is 5.32 Å². The van der Waals surface area contributed by atoms with Gasteiger partial charge in [-0.3, -0.25) is 4.79 Å². The minimum atomic E-state index is 0.0377. The van der Waals surface area contributed by atoms with Crippen LogP contribution < -0.4 is 5.32 Å². The molecule has 1 amide bonds. The van der Waals surface area contributed by atoms with Crippen molar-refractivity contribution >= 4 is 17.2 Å². The third kappa shape index (κ3) is 4.23. The molecule has 0 aliphatic carbocycles. The maximum atomic E-state index is 11.7. The van der Waals surface area contributed by atoms with Crippen LogP contribution in [0.2, 0.25) is 0 Å². The fourth-order valence-corrected chi connectivity index (χ4v) is 2.44. The second-order valence-corrected chi connectivity index (χ2v) is 5.20. The van der Waals surface area contributed by atoms with E-state index in [1.807, 2.05) is 29.6 Å². The third-order valence-electron chi connectivity index (χ3n) is 2.72. The fourth-order valence-electron chi connectivity index (χ4n) is 1.73. The van der Waals surface area contributed by atoms with Gasteiger partial charge in [0.1, 0.15) is 0 Å². The molecule has 4 heteroatoms. The summed E-state index contributed by atoms with van der Waals surface area (Å²) in [6, 6.07) is 13.4. The SMILES string of the molecule is N#Cc1cccc(CNC(=O)CCc2cccs2)c1. The van der Waals surface area contributed by atoms with Crippen LogP contribution in [0.3, 0.4) is 0 Å². The van der Waals surface area contributed by atoms with E-state index in [1.165, 1.54) is 4.88 Å². The van der Waals surface area contributed by atoms with Crippen LogP contribution in [0.4, 0.5) is 0 Å². The van der Waals surface area contributed by atoms with Crippen LogP contribution in [0.1, 0.15) is 22.4 Å². The topological polar surface area (TPSA) is 52.9 Å². The predicted octanol–water partition coefficient (Wildman–Crippen LogP) is 2.87. The van der Waals surface area contributed by atoms with Gasteiger partial charge in [-0.15, -0.1) is 11.3 Å². The summed E-state index contributed by atoms with van der Waals surface area (Å²) in [7, 11) is 0. The highest BCUT2D eigenvalue weighted by molar-refractivity contribution is 7.09. The molecule has 1 aromatic heterocycles. The van der Waals surface area contributed by atoms with E-state index in [2.05, 4.69) is 11.4 Å². The normalized spacial score (nSPS) is 9.84. The number of benzene rings is 1. The van der Waals surface area contributed by atoms with Gasteiger partial charge in [-0.05, 0) is 35.6 Å². The minimum absolute atomic E-state index is 0.0377. The van der Waals surface area contributed by atoms with Crippen LogP contribution in [0, 0.1) is 11.3 Å². The molecular formula is C15H14N2OS. The maximum Gasteiger partial charge on any atom is 0.220 e. The van der Waals surface area contributed by atoms with Gasteiger partial charge in [-0.2, -0.15) is 5.26 Å².